The van der Waals surface area contributed by atoms with E-state index in [-0.39, 0.29) is 11.5 Å². The van der Waals surface area contributed by atoms with E-state index in [1.807, 2.05) is 6.92 Å². The maximum absolute atomic E-state index is 9.95. The molecule has 0 aliphatic carbocycles. The second kappa shape index (κ2) is 3.69. The summed E-state index contributed by atoms with van der Waals surface area (Å²) >= 11 is 0. The van der Waals surface area contributed by atoms with Crippen molar-refractivity contribution in [3.05, 3.63) is 23.4 Å². The third-order valence-electron chi connectivity index (χ3n) is 3.06. The molecule has 0 radical (unpaired) electrons. The molecule has 4 N–H and O–H groups in total. The number of phenols is 2. The molecule has 0 amide bonds. The van der Waals surface area contributed by atoms with Crippen molar-refractivity contribution in [3.63, 3.8) is 0 Å². The van der Waals surface area contributed by atoms with Gasteiger partial charge in [-0.15, -0.1) is 0 Å². The molecule has 5 nitrogen and oxygen atoms in total. The maximum Gasteiger partial charge on any atom is 0.165 e. The van der Waals surface area contributed by atoms with E-state index in [2.05, 4.69) is 5.10 Å². The summed E-state index contributed by atoms with van der Waals surface area (Å²) < 4.78 is 1.51. The molecule has 0 aliphatic heterocycles. The average Bonchev–Trinajstić information content (AvgIpc) is 2.62. The molecule has 0 saturated heterocycles. The van der Waals surface area contributed by atoms with Crippen LogP contribution in [0.15, 0.2) is 12.3 Å². The van der Waals surface area contributed by atoms with Crippen LogP contribution in [0.4, 0.5) is 5.82 Å². The van der Waals surface area contributed by atoms with Gasteiger partial charge < -0.3 is 15.9 Å². The van der Waals surface area contributed by atoms with E-state index < -0.39 is 0 Å². The van der Waals surface area contributed by atoms with Gasteiger partial charge in [-0.25, -0.2) is 0 Å². The van der Waals surface area contributed by atoms with Gasteiger partial charge in [0, 0.05) is 18.2 Å². The fraction of sp³-hybridized carbons (Fsp3) is 0.250. The van der Waals surface area contributed by atoms with Gasteiger partial charge in [0.1, 0.15) is 5.82 Å². The van der Waals surface area contributed by atoms with E-state index in [1.54, 1.807) is 26.2 Å². The Morgan fingerprint density at radius 2 is 1.82 bits per heavy atom. The lowest BCUT2D eigenvalue weighted by atomic mass is 9.99. The Hall–Kier alpha value is -2.17. The summed E-state index contributed by atoms with van der Waals surface area (Å²) in [5.41, 5.74) is 8.51. The molecule has 1 aromatic heterocycles. The molecule has 2 aromatic rings. The Labute approximate surface area is 99.1 Å². The number of nitrogens with zero attached hydrogens (tertiary/aromatic N) is 2. The number of hydrogen-bond acceptors (Lipinski definition) is 4. The van der Waals surface area contributed by atoms with Crippen molar-refractivity contribution < 1.29 is 10.2 Å². The summed E-state index contributed by atoms with van der Waals surface area (Å²) in [4.78, 5) is 0. The number of aryl methyl sites for hydroxylation is 2. The fourth-order valence-corrected chi connectivity index (χ4v) is 1.74. The summed E-state index contributed by atoms with van der Waals surface area (Å²) in [6, 6.07) is 1.79. The van der Waals surface area contributed by atoms with Crippen LogP contribution in [0.1, 0.15) is 11.1 Å². The van der Waals surface area contributed by atoms with E-state index in [0.717, 1.165) is 5.56 Å². The van der Waals surface area contributed by atoms with Crippen molar-refractivity contribution in [1.29, 1.82) is 0 Å². The lowest BCUT2D eigenvalue weighted by Gasteiger charge is -2.11. The molecule has 0 bridgehead atoms. The summed E-state index contributed by atoms with van der Waals surface area (Å²) in [7, 11) is 1.72. The van der Waals surface area contributed by atoms with Gasteiger partial charge in [0.25, 0.3) is 0 Å². The Kier molecular flexibility index (Phi) is 2.46. The molecule has 2 rings (SSSR count). The van der Waals surface area contributed by atoms with Crippen LogP contribution in [-0.2, 0) is 7.05 Å². The smallest absolute Gasteiger partial charge is 0.165 e. The number of nitrogen functional groups attached to an aromatic ring is 1. The highest BCUT2D eigenvalue weighted by Gasteiger charge is 2.17. The van der Waals surface area contributed by atoms with Crippen LogP contribution in [0.25, 0.3) is 11.1 Å². The number of phenolic OH excluding ortho intramolecular Hbond substituents is 2. The maximum atomic E-state index is 9.95. The average molecular weight is 233 g/mol. The highest BCUT2D eigenvalue weighted by molar-refractivity contribution is 5.81. The topological polar surface area (TPSA) is 84.3 Å². The van der Waals surface area contributed by atoms with E-state index in [0.29, 0.717) is 22.5 Å². The van der Waals surface area contributed by atoms with Gasteiger partial charge in [0.2, 0.25) is 0 Å². The second-order valence-corrected chi connectivity index (χ2v) is 4.13. The second-order valence-electron chi connectivity index (χ2n) is 4.13. The lowest BCUT2D eigenvalue weighted by Crippen LogP contribution is -1.98. The highest BCUT2D eigenvalue weighted by Crippen LogP contribution is 2.41. The number of aromatic hydroxyl groups is 2. The van der Waals surface area contributed by atoms with Crippen molar-refractivity contribution in [2.75, 3.05) is 5.73 Å². The van der Waals surface area contributed by atoms with E-state index in [4.69, 9.17) is 5.73 Å². The van der Waals surface area contributed by atoms with Crippen LogP contribution in [0.3, 0.4) is 0 Å². The highest BCUT2D eigenvalue weighted by atomic mass is 16.3. The number of anilines is 1. The molecule has 1 heterocycles. The Bertz CT molecular complexity index is 588. The third kappa shape index (κ3) is 1.60. The van der Waals surface area contributed by atoms with Crippen molar-refractivity contribution in [1.82, 2.24) is 9.78 Å². The first-order valence-electron chi connectivity index (χ1n) is 5.23. The minimum absolute atomic E-state index is 0.108. The standard InChI is InChI=1S/C12H15N3O2/c1-6-4-8(11(17)10(16)7(6)2)9-5-14-15(3)12(9)13/h4-5,16-17H,13H2,1-3H3. The lowest BCUT2D eigenvalue weighted by molar-refractivity contribution is 0.402. The van der Waals surface area contributed by atoms with E-state index in [9.17, 15) is 10.2 Å². The summed E-state index contributed by atoms with van der Waals surface area (Å²) in [6.07, 6.45) is 1.57. The SMILES string of the molecule is Cc1cc(-c2cnn(C)c2N)c(O)c(O)c1C. The first-order chi connectivity index (χ1) is 7.93. The number of nitrogens with two attached hydrogens (primary N) is 1. The molecule has 0 fully saturated rings. The first kappa shape index (κ1) is 11.3. The molecular weight excluding hydrogens is 218 g/mol. The van der Waals surface area contributed by atoms with Crippen LogP contribution >= 0.6 is 0 Å². The van der Waals surface area contributed by atoms with Gasteiger partial charge in [-0.3, -0.25) is 4.68 Å². The summed E-state index contributed by atoms with van der Waals surface area (Å²) in [5, 5.41) is 23.8. The monoisotopic (exact) mass is 233 g/mol. The normalized spacial score (nSPS) is 10.8. The predicted octanol–water partition coefficient (Wildman–Crippen LogP) is 1.70. The molecule has 0 spiro atoms. The number of aromatic nitrogens is 2. The van der Waals surface area contributed by atoms with Gasteiger partial charge in [-0.1, -0.05) is 0 Å². The molecule has 0 unspecified atom stereocenters. The van der Waals surface area contributed by atoms with Crippen molar-refractivity contribution in [2.45, 2.75) is 13.8 Å². The van der Waals surface area contributed by atoms with Crippen molar-refractivity contribution >= 4 is 5.82 Å². The first-order valence-corrected chi connectivity index (χ1v) is 5.23. The predicted molar refractivity (Wildman–Crippen MR) is 65.9 cm³/mol. The molecule has 1 aromatic carbocycles. The third-order valence-corrected chi connectivity index (χ3v) is 3.06. The van der Waals surface area contributed by atoms with Gasteiger partial charge in [-0.05, 0) is 31.0 Å². The van der Waals surface area contributed by atoms with Crippen molar-refractivity contribution in [2.24, 2.45) is 7.05 Å². The Morgan fingerprint density at radius 1 is 1.18 bits per heavy atom. The Balaban J connectivity index is 2.73. The van der Waals surface area contributed by atoms with Crippen LogP contribution in [0, 0.1) is 13.8 Å². The summed E-state index contributed by atoms with van der Waals surface area (Å²) in [5.74, 6) is 0.180. The molecule has 90 valence electrons. The summed E-state index contributed by atoms with van der Waals surface area (Å²) in [6.45, 7) is 3.62. The fourth-order valence-electron chi connectivity index (χ4n) is 1.74. The van der Waals surface area contributed by atoms with Crippen LogP contribution < -0.4 is 5.73 Å². The zero-order valence-electron chi connectivity index (χ0n) is 10.0. The number of rotatable bonds is 1. The van der Waals surface area contributed by atoms with Crippen LogP contribution in [0.2, 0.25) is 0 Å². The van der Waals surface area contributed by atoms with Crippen LogP contribution in [-0.4, -0.2) is 20.0 Å². The van der Waals surface area contributed by atoms with Gasteiger partial charge in [-0.2, -0.15) is 5.10 Å². The minimum Gasteiger partial charge on any atom is -0.504 e. The quantitative estimate of drug-likeness (QED) is 0.654. The van der Waals surface area contributed by atoms with Gasteiger partial charge in [0.05, 0.1) is 6.20 Å². The Morgan fingerprint density at radius 3 is 2.35 bits per heavy atom. The van der Waals surface area contributed by atoms with Crippen molar-refractivity contribution in [3.8, 4) is 22.6 Å². The number of hydrogen-bond donors (Lipinski definition) is 3. The zero-order chi connectivity index (χ0) is 12.7. The largest absolute Gasteiger partial charge is 0.504 e. The van der Waals surface area contributed by atoms with E-state index in [1.165, 1.54) is 4.68 Å². The van der Waals surface area contributed by atoms with Crippen LogP contribution in [0.5, 0.6) is 11.5 Å². The molecule has 0 aliphatic rings. The zero-order valence-corrected chi connectivity index (χ0v) is 10.0. The molecule has 0 saturated carbocycles. The molecule has 0 atom stereocenters. The minimum atomic E-state index is -0.159. The molecule has 5 heteroatoms. The van der Waals surface area contributed by atoms with E-state index >= 15 is 0 Å². The molecule has 17 heavy (non-hydrogen) atoms. The molecular formula is C12H15N3O2. The van der Waals surface area contributed by atoms with Gasteiger partial charge >= 0.3 is 0 Å². The van der Waals surface area contributed by atoms with Gasteiger partial charge in [0.15, 0.2) is 11.5 Å². The number of benzene rings is 1.